The maximum atomic E-state index is 12.3. The molecule has 0 aromatic carbocycles. The van der Waals surface area contributed by atoms with Crippen molar-refractivity contribution in [2.45, 2.75) is 72.0 Å². The predicted molar refractivity (Wildman–Crippen MR) is 103 cm³/mol. The van der Waals surface area contributed by atoms with Crippen LogP contribution in [0, 0.1) is 11.8 Å². The largest absolute Gasteiger partial charge is 0.462 e. The van der Waals surface area contributed by atoms with Crippen molar-refractivity contribution in [1.82, 2.24) is 0 Å². The number of rotatable bonds is 2. The van der Waals surface area contributed by atoms with E-state index in [2.05, 4.69) is 19.6 Å². The molecule has 2 aliphatic rings. The van der Waals surface area contributed by atoms with Crippen LogP contribution in [0.15, 0.2) is 35.5 Å². The van der Waals surface area contributed by atoms with Gasteiger partial charge in [0.05, 0.1) is 5.92 Å². The average Bonchev–Trinajstić information content (AvgIpc) is 2.81. The van der Waals surface area contributed by atoms with Crippen LogP contribution in [0.1, 0.15) is 59.8 Å². The lowest BCUT2D eigenvalue weighted by Crippen LogP contribution is -2.34. The van der Waals surface area contributed by atoms with Gasteiger partial charge < -0.3 is 9.47 Å². The minimum absolute atomic E-state index is 0.0111. The highest BCUT2D eigenvalue weighted by Gasteiger charge is 2.41. The summed E-state index contributed by atoms with van der Waals surface area (Å²) in [4.78, 5) is 36.1. The maximum absolute atomic E-state index is 12.3. The van der Waals surface area contributed by atoms with Crippen molar-refractivity contribution in [3.05, 3.63) is 35.5 Å². The van der Waals surface area contributed by atoms with Gasteiger partial charge in [-0.15, -0.1) is 0 Å². The predicted octanol–water partition coefficient (Wildman–Crippen LogP) is 4.08. The normalized spacial score (nSPS) is 33.8. The molecular weight excluding hydrogens is 344 g/mol. The van der Waals surface area contributed by atoms with Crippen LogP contribution >= 0.6 is 0 Å². The Morgan fingerprint density at radius 3 is 2.52 bits per heavy atom. The zero-order valence-corrected chi connectivity index (χ0v) is 16.7. The summed E-state index contributed by atoms with van der Waals surface area (Å²) in [6.07, 6.45) is 6.65. The van der Waals surface area contributed by atoms with Crippen LogP contribution < -0.4 is 0 Å². The third-order valence-corrected chi connectivity index (χ3v) is 5.45. The Hall–Kier alpha value is -2.17. The highest BCUT2D eigenvalue weighted by Crippen LogP contribution is 2.36. The molecule has 2 rings (SSSR count). The molecule has 0 radical (unpaired) electrons. The average molecular weight is 374 g/mol. The number of allylic oxidation sites excluding steroid dienone is 3. The summed E-state index contributed by atoms with van der Waals surface area (Å²) in [7, 11) is 0. The van der Waals surface area contributed by atoms with E-state index in [1.165, 1.54) is 19.4 Å². The van der Waals surface area contributed by atoms with Gasteiger partial charge in [-0.25, -0.2) is 4.79 Å². The van der Waals surface area contributed by atoms with Crippen LogP contribution in [0.5, 0.6) is 0 Å². The van der Waals surface area contributed by atoms with E-state index in [4.69, 9.17) is 9.47 Å². The van der Waals surface area contributed by atoms with Crippen LogP contribution in [-0.2, 0) is 23.9 Å². The Kier molecular flexibility index (Phi) is 7.17. The number of ether oxygens (including phenoxy) is 2. The fraction of sp³-hybridized carbons (Fsp3) is 0.591. The lowest BCUT2D eigenvalue weighted by atomic mass is 9.82. The van der Waals surface area contributed by atoms with E-state index in [0.29, 0.717) is 18.4 Å². The molecule has 0 spiro atoms. The number of carbonyl (C=O) groups excluding carboxylic acids is 3. The monoisotopic (exact) mass is 374 g/mol. The molecule has 5 heteroatoms. The smallest absolute Gasteiger partial charge is 0.334 e. The second-order valence-corrected chi connectivity index (χ2v) is 7.74. The van der Waals surface area contributed by atoms with Crippen LogP contribution in [-0.4, -0.2) is 29.9 Å². The molecule has 0 saturated carbocycles. The van der Waals surface area contributed by atoms with Gasteiger partial charge in [-0.2, -0.15) is 0 Å². The number of Topliss-reactive ketones (excluding diaryl/α,β-unsaturated/α-hetero) is 1. The number of hydrogen-bond donors (Lipinski definition) is 0. The van der Waals surface area contributed by atoms with E-state index in [-0.39, 0.29) is 11.7 Å². The van der Waals surface area contributed by atoms with Crippen molar-refractivity contribution >= 4 is 17.7 Å². The molecule has 1 heterocycles. The zero-order valence-electron chi connectivity index (χ0n) is 16.7. The van der Waals surface area contributed by atoms with E-state index in [1.54, 1.807) is 0 Å². The molecule has 4 atom stereocenters. The molecule has 1 fully saturated rings. The quantitative estimate of drug-likeness (QED) is 0.414. The first kappa shape index (κ1) is 21.1. The van der Waals surface area contributed by atoms with Crippen molar-refractivity contribution in [1.29, 1.82) is 0 Å². The molecule has 0 aromatic rings. The Bertz CT molecular complexity index is 685. The maximum Gasteiger partial charge on any atom is 0.334 e. The third kappa shape index (κ3) is 5.65. The first-order valence-electron chi connectivity index (χ1n) is 9.59. The van der Waals surface area contributed by atoms with Crippen LogP contribution in [0.2, 0.25) is 0 Å². The Morgan fingerprint density at radius 2 is 1.89 bits per heavy atom. The highest BCUT2D eigenvalue weighted by molar-refractivity contribution is 5.91. The first-order valence-corrected chi connectivity index (χ1v) is 9.59. The van der Waals surface area contributed by atoms with Crippen LogP contribution in [0.3, 0.4) is 0 Å². The second kappa shape index (κ2) is 9.16. The van der Waals surface area contributed by atoms with Crippen molar-refractivity contribution in [2.75, 3.05) is 0 Å². The summed E-state index contributed by atoms with van der Waals surface area (Å²) in [5.74, 6) is -1.57. The lowest BCUT2D eigenvalue weighted by molar-refractivity contribution is -0.152. The molecule has 0 N–H and O–H groups in total. The summed E-state index contributed by atoms with van der Waals surface area (Å²) in [5, 5.41) is 0. The number of carbonyl (C=O) groups is 3. The van der Waals surface area contributed by atoms with E-state index in [9.17, 15) is 14.4 Å². The topological polar surface area (TPSA) is 69.7 Å². The molecule has 5 nitrogen and oxygen atoms in total. The standard InChI is InChI=1S/C22H30O5/c1-13-7-6-8-14(2)11-20-19(15(3)22(25)27-20)12-21(26-17(5)24)18(10-9-13)16(4)23/h7,11,18-21H,3,6,8-10,12H2,1-2,4-5H3/b13-7+,14-11+/t18-,19+,20+,21-/m1/s1. The number of ketones is 1. The number of esters is 2. The summed E-state index contributed by atoms with van der Waals surface area (Å²) >= 11 is 0. The summed E-state index contributed by atoms with van der Waals surface area (Å²) in [6.45, 7) is 10.9. The lowest BCUT2D eigenvalue weighted by Gasteiger charge is -2.28. The molecule has 0 aromatic heterocycles. The third-order valence-electron chi connectivity index (χ3n) is 5.45. The molecule has 148 valence electrons. The molecular formula is C22H30O5. The van der Waals surface area contributed by atoms with Crippen molar-refractivity contribution in [3.63, 3.8) is 0 Å². The Labute approximate surface area is 161 Å². The van der Waals surface area contributed by atoms with Gasteiger partial charge >= 0.3 is 11.9 Å². The molecule has 0 unspecified atom stereocenters. The van der Waals surface area contributed by atoms with Gasteiger partial charge in [-0.1, -0.05) is 23.8 Å². The number of fused-ring (bicyclic) bond motifs is 1. The van der Waals surface area contributed by atoms with Gasteiger partial charge in [0.15, 0.2) is 0 Å². The second-order valence-electron chi connectivity index (χ2n) is 7.74. The minimum atomic E-state index is -0.596. The molecule has 0 bridgehead atoms. The zero-order chi connectivity index (χ0) is 20.1. The van der Waals surface area contributed by atoms with Crippen molar-refractivity contribution in [3.8, 4) is 0 Å². The van der Waals surface area contributed by atoms with E-state index in [0.717, 1.165) is 24.8 Å². The van der Waals surface area contributed by atoms with Gasteiger partial charge in [0.25, 0.3) is 0 Å². The molecule has 1 aliphatic carbocycles. The molecule has 1 aliphatic heterocycles. The number of hydrogen-bond acceptors (Lipinski definition) is 5. The van der Waals surface area contributed by atoms with E-state index < -0.39 is 30.1 Å². The van der Waals surface area contributed by atoms with Gasteiger partial charge in [-0.05, 0) is 59.0 Å². The SMILES string of the molecule is C=C1C(=O)O[C@H]2/C=C(\C)CC/C=C(\C)CC[C@H](C(C)=O)[C@H](OC(C)=O)C[C@@H]12. The van der Waals surface area contributed by atoms with Gasteiger partial charge in [0, 0.05) is 18.4 Å². The summed E-state index contributed by atoms with van der Waals surface area (Å²) in [5.41, 5.74) is 2.75. The van der Waals surface area contributed by atoms with Gasteiger partial charge in [0.2, 0.25) is 0 Å². The highest BCUT2D eigenvalue weighted by atomic mass is 16.6. The molecule has 1 saturated heterocycles. The summed E-state index contributed by atoms with van der Waals surface area (Å²) < 4.78 is 11.0. The summed E-state index contributed by atoms with van der Waals surface area (Å²) in [6, 6.07) is 0. The van der Waals surface area contributed by atoms with E-state index in [1.807, 2.05) is 13.0 Å². The fourth-order valence-corrected chi connectivity index (χ4v) is 3.86. The Balaban J connectivity index is 2.41. The first-order chi connectivity index (χ1) is 12.7. The van der Waals surface area contributed by atoms with E-state index >= 15 is 0 Å². The van der Waals surface area contributed by atoms with Crippen LogP contribution in [0.25, 0.3) is 0 Å². The molecule has 0 amide bonds. The van der Waals surface area contributed by atoms with Crippen molar-refractivity contribution in [2.24, 2.45) is 11.8 Å². The van der Waals surface area contributed by atoms with Crippen LogP contribution in [0.4, 0.5) is 0 Å². The van der Waals surface area contributed by atoms with Crippen molar-refractivity contribution < 1.29 is 23.9 Å². The fourth-order valence-electron chi connectivity index (χ4n) is 3.86. The Morgan fingerprint density at radius 1 is 1.19 bits per heavy atom. The van der Waals surface area contributed by atoms with Gasteiger partial charge in [0.1, 0.15) is 18.0 Å². The van der Waals surface area contributed by atoms with Gasteiger partial charge in [-0.3, -0.25) is 9.59 Å². The molecule has 27 heavy (non-hydrogen) atoms. The minimum Gasteiger partial charge on any atom is -0.462 e.